The molecule has 1 aromatic carbocycles. The molecule has 0 bridgehead atoms. The molecule has 2 N–H and O–H groups in total. The second-order valence-electron chi connectivity index (χ2n) is 6.04. The Bertz CT molecular complexity index is 853. The highest BCUT2D eigenvalue weighted by Gasteiger charge is 2.23. The molecule has 0 aliphatic heterocycles. The Kier molecular flexibility index (Phi) is 3.87. The summed E-state index contributed by atoms with van der Waals surface area (Å²) in [6, 6.07) is 10.1. The number of hydrogen-bond acceptors (Lipinski definition) is 2. The molecule has 4 rings (SSSR count). The maximum atomic E-state index is 12.2. The quantitative estimate of drug-likeness (QED) is 0.738. The SMILES string of the molecule is O=C(Cc1cccs1)NC1CCc2[nH]c3ccc(Cl)cc3c2C1. The summed E-state index contributed by atoms with van der Waals surface area (Å²) in [5.41, 5.74) is 3.71. The van der Waals surface area contributed by atoms with Gasteiger partial charge in [0, 0.05) is 32.5 Å². The number of benzene rings is 1. The van der Waals surface area contributed by atoms with E-state index in [2.05, 4.69) is 10.3 Å². The number of nitrogens with one attached hydrogen (secondary N) is 2. The summed E-state index contributed by atoms with van der Waals surface area (Å²) in [6.07, 6.45) is 3.28. The molecular formula is C18H17ClN2OS. The predicted octanol–water partition coefficient (Wildman–Crippen LogP) is 4.10. The van der Waals surface area contributed by atoms with E-state index in [9.17, 15) is 4.79 Å². The van der Waals surface area contributed by atoms with Crippen LogP contribution in [-0.2, 0) is 24.1 Å². The number of carbonyl (C=O) groups excluding carboxylic acids is 1. The van der Waals surface area contributed by atoms with Gasteiger partial charge in [-0.15, -0.1) is 11.3 Å². The Morgan fingerprint density at radius 2 is 2.30 bits per heavy atom. The number of carbonyl (C=O) groups is 1. The number of thiophene rings is 1. The largest absolute Gasteiger partial charge is 0.358 e. The Morgan fingerprint density at radius 3 is 3.13 bits per heavy atom. The molecule has 0 saturated heterocycles. The van der Waals surface area contributed by atoms with Crippen molar-refractivity contribution < 1.29 is 4.79 Å². The van der Waals surface area contributed by atoms with Crippen LogP contribution >= 0.6 is 22.9 Å². The van der Waals surface area contributed by atoms with Crippen LogP contribution in [0.4, 0.5) is 0 Å². The average molecular weight is 345 g/mol. The second-order valence-corrected chi connectivity index (χ2v) is 7.50. The molecule has 0 saturated carbocycles. The summed E-state index contributed by atoms with van der Waals surface area (Å²) in [4.78, 5) is 16.8. The highest BCUT2D eigenvalue weighted by Crippen LogP contribution is 2.31. The van der Waals surface area contributed by atoms with Crippen molar-refractivity contribution in [1.29, 1.82) is 0 Å². The van der Waals surface area contributed by atoms with Crippen LogP contribution in [0.3, 0.4) is 0 Å². The summed E-state index contributed by atoms with van der Waals surface area (Å²) >= 11 is 7.76. The molecule has 1 amide bonds. The molecule has 23 heavy (non-hydrogen) atoms. The molecule has 0 fully saturated rings. The first kappa shape index (κ1) is 14.8. The highest BCUT2D eigenvalue weighted by molar-refractivity contribution is 7.10. The van der Waals surface area contributed by atoms with Gasteiger partial charge >= 0.3 is 0 Å². The summed E-state index contributed by atoms with van der Waals surface area (Å²) in [7, 11) is 0. The number of amides is 1. The lowest BCUT2D eigenvalue weighted by Crippen LogP contribution is -2.39. The molecule has 1 unspecified atom stereocenters. The fourth-order valence-electron chi connectivity index (χ4n) is 3.36. The fourth-order valence-corrected chi connectivity index (χ4v) is 4.24. The number of fused-ring (bicyclic) bond motifs is 3. The topological polar surface area (TPSA) is 44.9 Å². The minimum Gasteiger partial charge on any atom is -0.358 e. The van der Waals surface area contributed by atoms with E-state index in [1.165, 1.54) is 16.6 Å². The number of aromatic amines is 1. The van der Waals surface area contributed by atoms with Gasteiger partial charge < -0.3 is 10.3 Å². The third-order valence-electron chi connectivity index (χ3n) is 4.43. The van der Waals surface area contributed by atoms with Gasteiger partial charge in [0.15, 0.2) is 0 Å². The van der Waals surface area contributed by atoms with Gasteiger partial charge in [0.05, 0.1) is 6.42 Å². The maximum Gasteiger partial charge on any atom is 0.225 e. The Balaban J connectivity index is 1.50. The monoisotopic (exact) mass is 344 g/mol. The predicted molar refractivity (Wildman–Crippen MR) is 95.3 cm³/mol. The lowest BCUT2D eigenvalue weighted by atomic mass is 9.91. The van der Waals surface area contributed by atoms with E-state index in [1.54, 1.807) is 11.3 Å². The van der Waals surface area contributed by atoms with Gasteiger partial charge in [-0.2, -0.15) is 0 Å². The van der Waals surface area contributed by atoms with Crippen molar-refractivity contribution >= 4 is 39.7 Å². The number of rotatable bonds is 3. The molecule has 3 aromatic rings. The van der Waals surface area contributed by atoms with Crippen LogP contribution in [-0.4, -0.2) is 16.9 Å². The van der Waals surface area contributed by atoms with Crippen molar-refractivity contribution in [2.24, 2.45) is 0 Å². The van der Waals surface area contributed by atoms with Gasteiger partial charge in [-0.05, 0) is 54.5 Å². The average Bonchev–Trinajstić information content (AvgIpc) is 3.14. The molecule has 118 valence electrons. The summed E-state index contributed by atoms with van der Waals surface area (Å²) in [5, 5.41) is 7.13. The van der Waals surface area contributed by atoms with Crippen LogP contribution in [0.1, 0.15) is 22.6 Å². The number of hydrogen-bond donors (Lipinski definition) is 2. The van der Waals surface area contributed by atoms with Gasteiger partial charge in [0.1, 0.15) is 0 Å². The minimum atomic E-state index is 0.110. The summed E-state index contributed by atoms with van der Waals surface area (Å²) in [6.45, 7) is 0. The third-order valence-corrected chi connectivity index (χ3v) is 5.54. The molecule has 2 aromatic heterocycles. The molecule has 2 heterocycles. The van der Waals surface area contributed by atoms with Crippen LogP contribution in [0.5, 0.6) is 0 Å². The van der Waals surface area contributed by atoms with Gasteiger partial charge in [0.25, 0.3) is 0 Å². The van der Waals surface area contributed by atoms with Crippen LogP contribution in [0.15, 0.2) is 35.7 Å². The smallest absolute Gasteiger partial charge is 0.225 e. The molecule has 1 aliphatic carbocycles. The van der Waals surface area contributed by atoms with Gasteiger partial charge in [-0.25, -0.2) is 0 Å². The van der Waals surface area contributed by atoms with Crippen molar-refractivity contribution in [3.05, 3.63) is 56.9 Å². The van der Waals surface area contributed by atoms with E-state index in [0.29, 0.717) is 6.42 Å². The lowest BCUT2D eigenvalue weighted by molar-refractivity contribution is -0.121. The van der Waals surface area contributed by atoms with E-state index in [-0.39, 0.29) is 11.9 Å². The number of halogens is 1. The van der Waals surface area contributed by atoms with Crippen LogP contribution in [0, 0.1) is 0 Å². The van der Waals surface area contributed by atoms with E-state index < -0.39 is 0 Å². The van der Waals surface area contributed by atoms with Crippen molar-refractivity contribution in [1.82, 2.24) is 10.3 Å². The van der Waals surface area contributed by atoms with Crippen molar-refractivity contribution in [3.63, 3.8) is 0 Å². The molecular weight excluding hydrogens is 328 g/mol. The summed E-state index contributed by atoms with van der Waals surface area (Å²) < 4.78 is 0. The van der Waals surface area contributed by atoms with Crippen LogP contribution < -0.4 is 5.32 Å². The van der Waals surface area contributed by atoms with Crippen LogP contribution in [0.2, 0.25) is 5.02 Å². The zero-order valence-electron chi connectivity index (χ0n) is 12.6. The van der Waals surface area contributed by atoms with Gasteiger partial charge in [-0.3, -0.25) is 4.79 Å². The Hall–Kier alpha value is -1.78. The minimum absolute atomic E-state index is 0.110. The molecule has 5 heteroatoms. The van der Waals surface area contributed by atoms with Crippen molar-refractivity contribution in [2.45, 2.75) is 31.7 Å². The van der Waals surface area contributed by atoms with E-state index >= 15 is 0 Å². The molecule has 1 atom stereocenters. The molecule has 1 aliphatic rings. The van der Waals surface area contributed by atoms with Crippen molar-refractivity contribution in [3.8, 4) is 0 Å². The Labute approximate surface area is 143 Å². The van der Waals surface area contributed by atoms with E-state index in [1.807, 2.05) is 35.7 Å². The first-order chi connectivity index (χ1) is 11.2. The molecule has 3 nitrogen and oxygen atoms in total. The normalized spacial score (nSPS) is 17.2. The van der Waals surface area contributed by atoms with E-state index in [0.717, 1.165) is 34.7 Å². The molecule has 0 radical (unpaired) electrons. The standard InChI is InChI=1S/C18H17ClN2OS/c19-11-3-5-16-14(8-11)15-9-12(4-6-17(15)21-16)20-18(22)10-13-2-1-7-23-13/h1-3,5,7-8,12,21H,4,6,9-10H2,(H,20,22). The number of aromatic nitrogens is 1. The van der Waals surface area contributed by atoms with Gasteiger partial charge in [0.2, 0.25) is 5.91 Å². The lowest BCUT2D eigenvalue weighted by Gasteiger charge is -2.23. The first-order valence-electron chi connectivity index (χ1n) is 7.80. The van der Waals surface area contributed by atoms with Crippen molar-refractivity contribution in [2.75, 3.05) is 0 Å². The zero-order chi connectivity index (χ0) is 15.8. The van der Waals surface area contributed by atoms with Crippen LogP contribution in [0.25, 0.3) is 10.9 Å². The highest BCUT2D eigenvalue weighted by atomic mass is 35.5. The zero-order valence-corrected chi connectivity index (χ0v) is 14.1. The number of H-pyrrole nitrogens is 1. The first-order valence-corrected chi connectivity index (χ1v) is 9.05. The number of aryl methyl sites for hydroxylation is 1. The summed E-state index contributed by atoms with van der Waals surface area (Å²) in [5.74, 6) is 0.110. The third kappa shape index (κ3) is 3.01. The molecule has 0 spiro atoms. The van der Waals surface area contributed by atoms with E-state index in [4.69, 9.17) is 11.6 Å². The van der Waals surface area contributed by atoms with Gasteiger partial charge in [-0.1, -0.05) is 17.7 Å². The fraction of sp³-hybridized carbons (Fsp3) is 0.278. The second kappa shape index (κ2) is 6.02. The maximum absolute atomic E-state index is 12.2. The Morgan fingerprint density at radius 1 is 1.39 bits per heavy atom.